The molecule has 0 saturated heterocycles. The summed E-state index contributed by atoms with van der Waals surface area (Å²) in [6.45, 7) is -0.208. The summed E-state index contributed by atoms with van der Waals surface area (Å²) in [6, 6.07) is 7.83. The topological polar surface area (TPSA) is 39.1 Å². The molecule has 0 aliphatic rings. The van der Waals surface area contributed by atoms with Gasteiger partial charge in [-0.15, -0.1) is 0 Å². The zero-order valence-electron chi connectivity index (χ0n) is 11.3. The number of aromatic nitrogens is 2. The van der Waals surface area contributed by atoms with Crippen molar-refractivity contribution in [2.45, 2.75) is 12.7 Å². The molecule has 0 bridgehead atoms. The van der Waals surface area contributed by atoms with E-state index < -0.39 is 12.8 Å². The number of imidazole rings is 1. The van der Waals surface area contributed by atoms with Gasteiger partial charge in [-0.2, -0.15) is 13.2 Å². The van der Waals surface area contributed by atoms with E-state index in [1.807, 2.05) is 35.0 Å². The zero-order chi connectivity index (χ0) is 15.1. The molecule has 1 aromatic carbocycles. The van der Waals surface area contributed by atoms with Gasteiger partial charge in [-0.3, -0.25) is 0 Å². The fourth-order valence-corrected chi connectivity index (χ4v) is 1.76. The van der Waals surface area contributed by atoms with Crippen molar-refractivity contribution < 1.29 is 17.9 Å². The van der Waals surface area contributed by atoms with E-state index >= 15 is 0 Å². The molecule has 0 fully saturated rings. The number of halogens is 3. The summed E-state index contributed by atoms with van der Waals surface area (Å²) < 4.78 is 41.9. The van der Waals surface area contributed by atoms with E-state index in [4.69, 9.17) is 0 Å². The van der Waals surface area contributed by atoms with Crippen LogP contribution in [0.3, 0.4) is 0 Å². The maximum atomic E-state index is 11.8. The first kappa shape index (κ1) is 15.5. The van der Waals surface area contributed by atoms with Gasteiger partial charge in [0, 0.05) is 31.2 Å². The van der Waals surface area contributed by atoms with Gasteiger partial charge >= 0.3 is 6.18 Å². The molecule has 0 saturated carbocycles. The molecule has 4 nitrogen and oxygen atoms in total. The van der Waals surface area contributed by atoms with E-state index in [0.29, 0.717) is 13.1 Å². The lowest BCUT2D eigenvalue weighted by Crippen LogP contribution is -2.23. The van der Waals surface area contributed by atoms with Crippen molar-refractivity contribution in [3.05, 3.63) is 48.5 Å². The molecule has 1 heterocycles. The Bertz CT molecular complexity index is 523. The number of alkyl halides is 3. The predicted octanol–water partition coefficient (Wildman–Crippen LogP) is 2.54. The third-order valence-electron chi connectivity index (χ3n) is 2.76. The summed E-state index contributed by atoms with van der Waals surface area (Å²) in [6.07, 6.45) is 1.01. The molecule has 0 atom stereocenters. The molecule has 0 amide bonds. The quantitative estimate of drug-likeness (QED) is 0.799. The van der Waals surface area contributed by atoms with Crippen molar-refractivity contribution in [2.24, 2.45) is 0 Å². The highest BCUT2D eigenvalue weighted by molar-refractivity contribution is 5.34. The van der Waals surface area contributed by atoms with Crippen molar-refractivity contribution in [1.82, 2.24) is 14.9 Å². The van der Waals surface area contributed by atoms with Crippen LogP contribution in [0, 0.1) is 0 Å². The Morgan fingerprint density at radius 1 is 1.19 bits per heavy atom. The smallest absolute Gasteiger partial charge is 0.371 e. The van der Waals surface area contributed by atoms with Crippen molar-refractivity contribution in [2.75, 3.05) is 19.8 Å². The maximum Gasteiger partial charge on any atom is 0.411 e. The van der Waals surface area contributed by atoms with Crippen LogP contribution < -0.4 is 5.32 Å². The van der Waals surface area contributed by atoms with Gasteiger partial charge in [0.25, 0.3) is 0 Å². The number of hydrogen-bond acceptors (Lipinski definition) is 3. The number of rotatable bonds is 7. The van der Waals surface area contributed by atoms with Crippen LogP contribution in [0.25, 0.3) is 5.69 Å². The van der Waals surface area contributed by atoms with Crippen LogP contribution in [0.1, 0.15) is 5.56 Å². The average molecular weight is 299 g/mol. The normalized spacial score (nSPS) is 11.8. The van der Waals surface area contributed by atoms with Crippen LogP contribution in [0.2, 0.25) is 0 Å². The first-order valence-corrected chi connectivity index (χ1v) is 6.47. The molecule has 0 spiro atoms. The third kappa shape index (κ3) is 5.57. The Kier molecular flexibility index (Phi) is 5.35. The lowest BCUT2D eigenvalue weighted by Gasteiger charge is -2.09. The van der Waals surface area contributed by atoms with Crippen molar-refractivity contribution >= 4 is 0 Å². The molecule has 0 radical (unpaired) electrons. The molecule has 0 unspecified atom stereocenters. The first-order valence-electron chi connectivity index (χ1n) is 6.47. The van der Waals surface area contributed by atoms with E-state index in [9.17, 15) is 13.2 Å². The van der Waals surface area contributed by atoms with E-state index in [2.05, 4.69) is 15.0 Å². The summed E-state index contributed by atoms with van der Waals surface area (Å²) in [5.74, 6) is 0. The lowest BCUT2D eigenvalue weighted by molar-refractivity contribution is -0.173. The van der Waals surface area contributed by atoms with Crippen LogP contribution in [-0.2, 0) is 11.3 Å². The van der Waals surface area contributed by atoms with Crippen LogP contribution in [0.15, 0.2) is 43.0 Å². The van der Waals surface area contributed by atoms with Crippen LogP contribution in [0.4, 0.5) is 13.2 Å². The highest BCUT2D eigenvalue weighted by Crippen LogP contribution is 2.14. The standard InChI is InChI=1S/C14H16F3N3O/c15-14(16,17)10-21-8-6-18-9-12-1-3-13(4-2-12)20-7-5-19-11-20/h1-5,7,11,18H,6,8-10H2. The molecular formula is C14H16F3N3O. The molecular weight excluding hydrogens is 283 g/mol. The second kappa shape index (κ2) is 7.24. The number of benzene rings is 1. The summed E-state index contributed by atoms with van der Waals surface area (Å²) in [4.78, 5) is 3.97. The van der Waals surface area contributed by atoms with Crippen molar-refractivity contribution in [3.8, 4) is 5.69 Å². The molecule has 21 heavy (non-hydrogen) atoms. The van der Waals surface area contributed by atoms with E-state index in [-0.39, 0.29) is 6.61 Å². The van der Waals surface area contributed by atoms with E-state index in [0.717, 1.165) is 11.3 Å². The van der Waals surface area contributed by atoms with Gasteiger partial charge in [-0.05, 0) is 17.7 Å². The summed E-state index contributed by atoms with van der Waals surface area (Å²) in [5, 5.41) is 3.03. The number of ether oxygens (including phenoxy) is 1. The van der Waals surface area contributed by atoms with Crippen molar-refractivity contribution in [3.63, 3.8) is 0 Å². The van der Waals surface area contributed by atoms with Gasteiger partial charge in [-0.25, -0.2) is 4.98 Å². The minimum atomic E-state index is -4.26. The molecule has 2 rings (SSSR count). The molecule has 114 valence electrons. The Labute approximate surface area is 120 Å². The predicted molar refractivity (Wildman–Crippen MR) is 72.1 cm³/mol. The van der Waals surface area contributed by atoms with Crippen molar-refractivity contribution in [1.29, 1.82) is 0 Å². The SMILES string of the molecule is FC(F)(F)COCCNCc1ccc(-n2ccnc2)cc1. The second-order valence-corrected chi connectivity index (χ2v) is 4.48. The number of nitrogens with zero attached hydrogens (tertiary/aromatic N) is 2. The Balaban J connectivity index is 1.67. The Morgan fingerprint density at radius 2 is 1.95 bits per heavy atom. The lowest BCUT2D eigenvalue weighted by atomic mass is 10.2. The second-order valence-electron chi connectivity index (χ2n) is 4.48. The van der Waals surface area contributed by atoms with E-state index in [1.54, 1.807) is 12.5 Å². The van der Waals surface area contributed by atoms with Gasteiger partial charge in [0.1, 0.15) is 6.61 Å². The highest BCUT2D eigenvalue weighted by Gasteiger charge is 2.27. The van der Waals surface area contributed by atoms with Crippen LogP contribution >= 0.6 is 0 Å². The highest BCUT2D eigenvalue weighted by atomic mass is 19.4. The van der Waals surface area contributed by atoms with Gasteiger partial charge in [0.05, 0.1) is 12.9 Å². The monoisotopic (exact) mass is 299 g/mol. The molecule has 2 aromatic rings. The number of hydrogen-bond donors (Lipinski definition) is 1. The largest absolute Gasteiger partial charge is 0.411 e. The van der Waals surface area contributed by atoms with Gasteiger partial charge in [0.2, 0.25) is 0 Å². The minimum absolute atomic E-state index is 0.0344. The molecule has 0 aliphatic carbocycles. The molecule has 1 N–H and O–H groups in total. The molecule has 1 aromatic heterocycles. The van der Waals surface area contributed by atoms with E-state index in [1.165, 1.54) is 0 Å². The van der Waals surface area contributed by atoms with Crippen LogP contribution in [0.5, 0.6) is 0 Å². The fraction of sp³-hybridized carbons (Fsp3) is 0.357. The maximum absolute atomic E-state index is 11.8. The van der Waals surface area contributed by atoms with Gasteiger partial charge in [-0.1, -0.05) is 12.1 Å². The van der Waals surface area contributed by atoms with Gasteiger partial charge in [0.15, 0.2) is 0 Å². The molecule has 7 heteroatoms. The zero-order valence-corrected chi connectivity index (χ0v) is 11.3. The Hall–Kier alpha value is -1.86. The van der Waals surface area contributed by atoms with Crippen LogP contribution in [-0.4, -0.2) is 35.5 Å². The third-order valence-corrected chi connectivity index (χ3v) is 2.76. The Morgan fingerprint density at radius 3 is 2.57 bits per heavy atom. The average Bonchev–Trinajstić information content (AvgIpc) is 2.96. The fourth-order valence-electron chi connectivity index (χ4n) is 1.76. The first-order chi connectivity index (χ1) is 10.0. The minimum Gasteiger partial charge on any atom is -0.371 e. The number of nitrogens with one attached hydrogen (secondary N) is 1. The summed E-state index contributed by atoms with van der Waals surface area (Å²) >= 11 is 0. The van der Waals surface area contributed by atoms with Gasteiger partial charge < -0.3 is 14.6 Å². The summed E-state index contributed by atoms with van der Waals surface area (Å²) in [5.41, 5.74) is 2.06. The summed E-state index contributed by atoms with van der Waals surface area (Å²) in [7, 11) is 0. The molecule has 0 aliphatic heterocycles.